The van der Waals surface area contributed by atoms with Crippen LogP contribution in [0.15, 0.2) is 59.5 Å². The minimum atomic E-state index is -0.831. The van der Waals surface area contributed by atoms with E-state index in [0.717, 1.165) is 0 Å². The summed E-state index contributed by atoms with van der Waals surface area (Å²) >= 11 is 12.4. The molecule has 2 N–H and O–H groups in total. The van der Waals surface area contributed by atoms with Crippen LogP contribution in [0.25, 0.3) is 10.8 Å². The summed E-state index contributed by atoms with van der Waals surface area (Å²) in [7, 11) is 0. The lowest BCUT2D eigenvalue weighted by Gasteiger charge is -2.12. The number of pyridine rings is 1. The average Bonchev–Trinajstić information content (AvgIpc) is 2.56. The fourth-order valence-electron chi connectivity index (χ4n) is 2.27. The fraction of sp³-hybridized carbons (Fsp3) is 0.0588. The number of H-pyrrole nitrogens is 1. The normalized spacial score (nSPS) is 12.1. The van der Waals surface area contributed by atoms with Crippen LogP contribution >= 0.6 is 23.2 Å². The van der Waals surface area contributed by atoms with E-state index in [-0.39, 0.29) is 16.5 Å². The molecule has 2 aromatic carbocycles. The van der Waals surface area contributed by atoms with E-state index in [1.165, 1.54) is 6.07 Å². The highest BCUT2D eigenvalue weighted by atomic mass is 35.5. The number of hydrogen-bond acceptors (Lipinski definition) is 2. The first kappa shape index (κ1) is 15.6. The van der Waals surface area contributed by atoms with Gasteiger partial charge in [0.1, 0.15) is 5.38 Å². The molecule has 0 aliphatic heterocycles. The van der Waals surface area contributed by atoms with Crippen molar-refractivity contribution in [1.29, 1.82) is 0 Å². The highest BCUT2D eigenvalue weighted by Crippen LogP contribution is 2.29. The zero-order valence-electron chi connectivity index (χ0n) is 11.8. The van der Waals surface area contributed by atoms with Gasteiger partial charge in [0.05, 0.1) is 10.7 Å². The minimum absolute atomic E-state index is 0.234. The van der Waals surface area contributed by atoms with Crippen molar-refractivity contribution in [1.82, 2.24) is 4.98 Å². The van der Waals surface area contributed by atoms with Crippen molar-refractivity contribution in [2.45, 2.75) is 5.38 Å². The molecule has 0 spiro atoms. The Morgan fingerprint density at radius 3 is 2.61 bits per heavy atom. The maximum atomic E-state index is 12.3. The lowest BCUT2D eigenvalue weighted by atomic mass is 10.1. The molecule has 1 amide bonds. The molecule has 23 heavy (non-hydrogen) atoms. The van der Waals surface area contributed by atoms with Crippen molar-refractivity contribution < 1.29 is 4.79 Å². The van der Waals surface area contributed by atoms with Gasteiger partial charge >= 0.3 is 0 Å². The van der Waals surface area contributed by atoms with Crippen molar-refractivity contribution in [3.63, 3.8) is 0 Å². The molecule has 0 saturated heterocycles. The molecule has 3 rings (SSSR count). The summed E-state index contributed by atoms with van der Waals surface area (Å²) in [4.78, 5) is 26.6. The third kappa shape index (κ3) is 3.23. The van der Waals surface area contributed by atoms with Gasteiger partial charge in [-0.1, -0.05) is 41.9 Å². The van der Waals surface area contributed by atoms with Crippen molar-refractivity contribution in [2.24, 2.45) is 0 Å². The molecule has 0 fully saturated rings. The molecule has 0 bridgehead atoms. The number of alkyl halides is 1. The lowest BCUT2D eigenvalue weighted by molar-refractivity contribution is -0.116. The maximum absolute atomic E-state index is 12.3. The van der Waals surface area contributed by atoms with E-state index < -0.39 is 5.38 Å². The number of anilines is 1. The Morgan fingerprint density at radius 1 is 1.13 bits per heavy atom. The topological polar surface area (TPSA) is 62.0 Å². The SMILES string of the molecule is O=C(Nc1cc2cc[nH]c(=O)c2cc1Cl)C(Cl)c1ccccc1. The van der Waals surface area contributed by atoms with Crippen LogP contribution in [0.1, 0.15) is 10.9 Å². The van der Waals surface area contributed by atoms with E-state index in [1.54, 1.807) is 30.5 Å². The Bertz CT molecular complexity index is 923. The first-order valence-corrected chi connectivity index (χ1v) is 7.68. The van der Waals surface area contributed by atoms with Gasteiger partial charge in [-0.25, -0.2) is 0 Å². The molecule has 1 aromatic heterocycles. The molecule has 0 aliphatic carbocycles. The van der Waals surface area contributed by atoms with Gasteiger partial charge in [-0.05, 0) is 29.1 Å². The first-order chi connectivity index (χ1) is 11.1. The number of fused-ring (bicyclic) bond motifs is 1. The standard InChI is InChI=1S/C17H12Cl2N2O2/c18-13-9-12-11(6-7-20-16(12)22)8-14(13)21-17(23)15(19)10-4-2-1-3-5-10/h1-9,15H,(H,20,22)(H,21,23). The number of carbonyl (C=O) groups excluding carboxylic acids is 1. The average molecular weight is 347 g/mol. The number of halogens is 2. The monoisotopic (exact) mass is 346 g/mol. The number of nitrogens with one attached hydrogen (secondary N) is 2. The van der Waals surface area contributed by atoms with E-state index in [0.29, 0.717) is 22.0 Å². The number of carbonyl (C=O) groups is 1. The molecule has 1 atom stereocenters. The number of hydrogen-bond donors (Lipinski definition) is 2. The van der Waals surface area contributed by atoms with Crippen molar-refractivity contribution in [3.8, 4) is 0 Å². The molecule has 1 unspecified atom stereocenters. The highest BCUT2D eigenvalue weighted by Gasteiger charge is 2.18. The third-order valence-electron chi connectivity index (χ3n) is 3.44. The number of benzene rings is 2. The smallest absolute Gasteiger partial charge is 0.255 e. The molecule has 1 heterocycles. The first-order valence-electron chi connectivity index (χ1n) is 6.87. The molecule has 4 nitrogen and oxygen atoms in total. The van der Waals surface area contributed by atoms with Crippen molar-refractivity contribution in [3.05, 3.63) is 75.7 Å². The van der Waals surface area contributed by atoms with Crippen LogP contribution < -0.4 is 10.9 Å². The van der Waals surface area contributed by atoms with Crippen molar-refractivity contribution >= 4 is 45.6 Å². The van der Waals surface area contributed by atoms with Gasteiger partial charge in [-0.15, -0.1) is 11.6 Å². The fourth-order valence-corrected chi connectivity index (χ4v) is 2.69. The number of amides is 1. The summed E-state index contributed by atoms with van der Waals surface area (Å²) in [6, 6.07) is 13.9. The van der Waals surface area contributed by atoms with Crippen LogP contribution in [0.2, 0.25) is 5.02 Å². The minimum Gasteiger partial charge on any atom is -0.329 e. The van der Waals surface area contributed by atoms with Crippen LogP contribution in [0, 0.1) is 0 Å². The molecule has 0 aliphatic rings. The second kappa shape index (κ2) is 6.44. The van der Waals surface area contributed by atoms with Crippen LogP contribution in [0.4, 0.5) is 5.69 Å². The Hall–Kier alpha value is -2.30. The lowest BCUT2D eigenvalue weighted by Crippen LogP contribution is -2.17. The van der Waals surface area contributed by atoms with Gasteiger partial charge in [0.15, 0.2) is 0 Å². The van der Waals surface area contributed by atoms with Gasteiger partial charge in [-0.2, -0.15) is 0 Å². The van der Waals surface area contributed by atoms with E-state index in [1.807, 2.05) is 18.2 Å². The van der Waals surface area contributed by atoms with E-state index in [9.17, 15) is 9.59 Å². The van der Waals surface area contributed by atoms with Crippen LogP contribution in [-0.2, 0) is 4.79 Å². The largest absolute Gasteiger partial charge is 0.329 e. The number of aromatic nitrogens is 1. The van der Waals surface area contributed by atoms with E-state index in [4.69, 9.17) is 23.2 Å². The Balaban J connectivity index is 1.91. The van der Waals surface area contributed by atoms with Gasteiger partial charge in [-0.3, -0.25) is 9.59 Å². The van der Waals surface area contributed by atoms with Gasteiger partial charge < -0.3 is 10.3 Å². The molecular formula is C17H12Cl2N2O2. The quantitative estimate of drug-likeness (QED) is 0.701. The number of rotatable bonds is 3. The number of aromatic amines is 1. The molecule has 116 valence electrons. The summed E-state index contributed by atoms with van der Waals surface area (Å²) < 4.78 is 0. The molecule has 3 aromatic rings. The van der Waals surface area contributed by atoms with Crippen LogP contribution in [-0.4, -0.2) is 10.9 Å². The summed E-state index contributed by atoms with van der Waals surface area (Å²) in [6.45, 7) is 0. The van der Waals surface area contributed by atoms with E-state index in [2.05, 4.69) is 10.3 Å². The Labute approximate surface area is 142 Å². The summed E-state index contributed by atoms with van der Waals surface area (Å²) in [5.41, 5.74) is 0.873. The second-order valence-corrected chi connectivity index (χ2v) is 5.83. The van der Waals surface area contributed by atoms with Gasteiger partial charge in [0.2, 0.25) is 5.91 Å². The third-order valence-corrected chi connectivity index (χ3v) is 4.20. The van der Waals surface area contributed by atoms with Crippen molar-refractivity contribution in [2.75, 3.05) is 5.32 Å². The zero-order valence-corrected chi connectivity index (χ0v) is 13.4. The predicted molar refractivity (Wildman–Crippen MR) is 93.2 cm³/mol. The van der Waals surface area contributed by atoms with Crippen LogP contribution in [0.5, 0.6) is 0 Å². The molecule has 6 heteroatoms. The van der Waals surface area contributed by atoms with E-state index >= 15 is 0 Å². The molecule has 0 saturated carbocycles. The molecule has 0 radical (unpaired) electrons. The summed E-state index contributed by atoms with van der Waals surface area (Å²) in [6.07, 6.45) is 1.54. The second-order valence-electron chi connectivity index (χ2n) is 4.99. The summed E-state index contributed by atoms with van der Waals surface area (Å²) in [5.74, 6) is -0.385. The zero-order chi connectivity index (χ0) is 16.4. The van der Waals surface area contributed by atoms with Gasteiger partial charge in [0.25, 0.3) is 5.56 Å². The summed E-state index contributed by atoms with van der Waals surface area (Å²) in [5, 5.41) is 3.29. The Morgan fingerprint density at radius 2 is 1.87 bits per heavy atom. The molecular weight excluding hydrogens is 335 g/mol. The van der Waals surface area contributed by atoms with Crippen LogP contribution in [0.3, 0.4) is 0 Å². The maximum Gasteiger partial charge on any atom is 0.255 e. The Kier molecular flexibility index (Phi) is 4.37. The highest BCUT2D eigenvalue weighted by molar-refractivity contribution is 6.36. The van der Waals surface area contributed by atoms with Gasteiger partial charge in [0, 0.05) is 11.6 Å². The predicted octanol–water partition coefficient (Wildman–Crippen LogP) is 4.10.